The maximum Gasteiger partial charge on any atom is 0.142 e. The number of rotatable bonds is 7. The van der Waals surface area contributed by atoms with Gasteiger partial charge in [-0.1, -0.05) is 12.1 Å². The molecule has 0 spiro atoms. The van der Waals surface area contributed by atoms with Crippen molar-refractivity contribution < 1.29 is 9.84 Å². The van der Waals surface area contributed by atoms with Crippen molar-refractivity contribution in [2.45, 2.75) is 25.3 Å². The zero-order valence-corrected chi connectivity index (χ0v) is 16.4. The lowest BCUT2D eigenvalue weighted by atomic mass is 10.1. The Morgan fingerprint density at radius 1 is 1.21 bits per heavy atom. The van der Waals surface area contributed by atoms with Crippen LogP contribution in [0.3, 0.4) is 0 Å². The maximum absolute atomic E-state index is 9.56. The van der Waals surface area contributed by atoms with Gasteiger partial charge in [-0.15, -0.1) is 0 Å². The van der Waals surface area contributed by atoms with Crippen LogP contribution in [0.5, 0.6) is 5.75 Å². The second-order valence-corrected chi connectivity index (χ2v) is 7.59. The van der Waals surface area contributed by atoms with Gasteiger partial charge in [0.2, 0.25) is 0 Å². The SMILES string of the molecule is COc1ccccc1N1CCC(CNc2cc(N3CCCC3CO)ncn2)C1. The fourth-order valence-electron chi connectivity index (χ4n) is 4.29. The van der Waals surface area contributed by atoms with Crippen LogP contribution in [0, 0.1) is 5.92 Å². The van der Waals surface area contributed by atoms with Crippen molar-refractivity contribution in [2.24, 2.45) is 5.92 Å². The number of aromatic nitrogens is 2. The fourth-order valence-corrected chi connectivity index (χ4v) is 4.29. The van der Waals surface area contributed by atoms with Crippen LogP contribution in [0.25, 0.3) is 0 Å². The standard InChI is InChI=1S/C21H29N5O2/c1-28-19-7-3-2-6-18(19)25-10-8-16(13-25)12-22-20-11-21(24-15-23-20)26-9-4-5-17(26)14-27/h2-3,6-7,11,15-17,27H,4-5,8-10,12-14H2,1H3,(H,22,23,24). The van der Waals surface area contributed by atoms with Gasteiger partial charge >= 0.3 is 0 Å². The molecule has 2 saturated heterocycles. The van der Waals surface area contributed by atoms with Crippen molar-refractivity contribution in [3.63, 3.8) is 0 Å². The van der Waals surface area contributed by atoms with Gasteiger partial charge < -0.3 is 25.0 Å². The molecular weight excluding hydrogens is 354 g/mol. The fraction of sp³-hybridized carbons (Fsp3) is 0.524. The van der Waals surface area contributed by atoms with Crippen LogP contribution in [0.2, 0.25) is 0 Å². The number of benzene rings is 1. The first-order valence-electron chi connectivity index (χ1n) is 10.1. The molecule has 0 aliphatic carbocycles. The topological polar surface area (TPSA) is 73.8 Å². The second kappa shape index (κ2) is 8.65. The monoisotopic (exact) mass is 383 g/mol. The highest BCUT2D eigenvalue weighted by Crippen LogP contribution is 2.32. The number of aliphatic hydroxyl groups excluding tert-OH is 1. The summed E-state index contributed by atoms with van der Waals surface area (Å²) >= 11 is 0. The molecule has 150 valence electrons. The van der Waals surface area contributed by atoms with Crippen molar-refractivity contribution in [3.8, 4) is 5.75 Å². The molecule has 7 nitrogen and oxygen atoms in total. The molecule has 4 rings (SSSR count). The van der Waals surface area contributed by atoms with E-state index in [4.69, 9.17) is 4.74 Å². The van der Waals surface area contributed by atoms with Crippen molar-refractivity contribution >= 4 is 17.3 Å². The van der Waals surface area contributed by atoms with Crippen LogP contribution in [-0.4, -0.2) is 61.0 Å². The van der Waals surface area contributed by atoms with Crippen LogP contribution in [0.1, 0.15) is 19.3 Å². The molecule has 28 heavy (non-hydrogen) atoms. The molecule has 2 fully saturated rings. The molecule has 2 unspecified atom stereocenters. The maximum atomic E-state index is 9.56. The largest absolute Gasteiger partial charge is 0.495 e. The Hall–Kier alpha value is -2.54. The molecule has 3 heterocycles. The van der Waals surface area contributed by atoms with E-state index in [1.165, 1.54) is 5.69 Å². The summed E-state index contributed by atoms with van der Waals surface area (Å²) in [7, 11) is 1.72. The van der Waals surface area contributed by atoms with E-state index in [0.717, 1.165) is 62.8 Å². The molecule has 0 bridgehead atoms. The molecule has 2 atom stereocenters. The van der Waals surface area contributed by atoms with E-state index in [0.29, 0.717) is 5.92 Å². The third-order valence-corrected chi connectivity index (χ3v) is 5.82. The normalized spacial score (nSPS) is 21.9. The summed E-state index contributed by atoms with van der Waals surface area (Å²) in [5.41, 5.74) is 1.17. The van der Waals surface area contributed by atoms with E-state index in [1.54, 1.807) is 13.4 Å². The summed E-state index contributed by atoms with van der Waals surface area (Å²) in [6.07, 6.45) is 4.87. The van der Waals surface area contributed by atoms with E-state index in [-0.39, 0.29) is 12.6 Å². The van der Waals surface area contributed by atoms with Gasteiger partial charge in [-0.05, 0) is 37.3 Å². The number of ether oxygens (including phenoxy) is 1. The molecular formula is C21H29N5O2. The molecule has 1 aromatic heterocycles. The zero-order chi connectivity index (χ0) is 19.3. The van der Waals surface area contributed by atoms with Crippen molar-refractivity contribution in [3.05, 3.63) is 36.7 Å². The Labute approximate surface area is 166 Å². The number of nitrogens with zero attached hydrogens (tertiary/aromatic N) is 4. The highest BCUT2D eigenvalue weighted by Gasteiger charge is 2.26. The Balaban J connectivity index is 1.35. The Bertz CT molecular complexity index is 787. The number of hydrogen-bond donors (Lipinski definition) is 2. The number of methoxy groups -OCH3 is 1. The molecule has 0 radical (unpaired) electrons. The smallest absolute Gasteiger partial charge is 0.142 e. The average molecular weight is 383 g/mol. The minimum atomic E-state index is 0.173. The first-order chi connectivity index (χ1) is 13.8. The first-order valence-corrected chi connectivity index (χ1v) is 10.1. The van der Waals surface area contributed by atoms with Gasteiger partial charge in [-0.25, -0.2) is 9.97 Å². The second-order valence-electron chi connectivity index (χ2n) is 7.59. The van der Waals surface area contributed by atoms with E-state index < -0.39 is 0 Å². The quantitative estimate of drug-likeness (QED) is 0.760. The lowest BCUT2D eigenvalue weighted by molar-refractivity contribution is 0.266. The van der Waals surface area contributed by atoms with Gasteiger partial charge in [0.1, 0.15) is 23.7 Å². The molecule has 2 N–H and O–H groups in total. The Morgan fingerprint density at radius 2 is 2.11 bits per heavy atom. The molecule has 2 aliphatic heterocycles. The third kappa shape index (κ3) is 3.99. The molecule has 2 aromatic rings. The summed E-state index contributed by atoms with van der Waals surface area (Å²) in [6.45, 7) is 4.04. The van der Waals surface area contributed by atoms with Crippen molar-refractivity contribution in [2.75, 3.05) is 55.0 Å². The van der Waals surface area contributed by atoms with Crippen LogP contribution >= 0.6 is 0 Å². The molecule has 2 aliphatic rings. The van der Waals surface area contributed by atoms with Crippen LogP contribution in [0.4, 0.5) is 17.3 Å². The Morgan fingerprint density at radius 3 is 2.96 bits per heavy atom. The summed E-state index contributed by atoms with van der Waals surface area (Å²) in [5.74, 6) is 3.24. The number of aliphatic hydroxyl groups is 1. The molecule has 0 saturated carbocycles. The van der Waals surface area contributed by atoms with Gasteiger partial charge in [0.15, 0.2) is 0 Å². The summed E-state index contributed by atoms with van der Waals surface area (Å²) in [6, 6.07) is 10.4. The van der Waals surface area contributed by atoms with E-state index in [2.05, 4.69) is 37.2 Å². The predicted octanol–water partition coefficient (Wildman–Crippen LogP) is 2.38. The molecule has 0 amide bonds. The minimum absolute atomic E-state index is 0.173. The highest BCUT2D eigenvalue weighted by molar-refractivity contribution is 5.59. The summed E-state index contributed by atoms with van der Waals surface area (Å²) < 4.78 is 5.51. The van der Waals surface area contributed by atoms with E-state index in [1.807, 2.05) is 18.2 Å². The average Bonchev–Trinajstić information content (AvgIpc) is 3.42. The van der Waals surface area contributed by atoms with Gasteiger partial charge in [-0.2, -0.15) is 0 Å². The number of nitrogens with one attached hydrogen (secondary N) is 1. The minimum Gasteiger partial charge on any atom is -0.495 e. The Kier molecular flexibility index (Phi) is 5.81. The lowest BCUT2D eigenvalue weighted by Crippen LogP contribution is -2.32. The van der Waals surface area contributed by atoms with Crippen molar-refractivity contribution in [1.82, 2.24) is 9.97 Å². The number of anilines is 3. The number of hydrogen-bond acceptors (Lipinski definition) is 7. The number of para-hydroxylation sites is 2. The van der Waals surface area contributed by atoms with Crippen molar-refractivity contribution in [1.29, 1.82) is 0 Å². The summed E-state index contributed by atoms with van der Waals surface area (Å²) in [5, 5.41) is 13.0. The summed E-state index contributed by atoms with van der Waals surface area (Å²) in [4.78, 5) is 13.4. The van der Waals surface area contributed by atoms with Crippen LogP contribution in [0.15, 0.2) is 36.7 Å². The molecule has 7 heteroatoms. The highest BCUT2D eigenvalue weighted by atomic mass is 16.5. The molecule has 1 aromatic carbocycles. The van der Waals surface area contributed by atoms with Gasteiger partial charge in [0.05, 0.1) is 25.4 Å². The predicted molar refractivity (Wildman–Crippen MR) is 111 cm³/mol. The zero-order valence-electron chi connectivity index (χ0n) is 16.4. The van der Waals surface area contributed by atoms with E-state index in [9.17, 15) is 5.11 Å². The van der Waals surface area contributed by atoms with Crippen LogP contribution in [-0.2, 0) is 0 Å². The van der Waals surface area contributed by atoms with E-state index >= 15 is 0 Å². The van der Waals surface area contributed by atoms with Gasteiger partial charge in [0.25, 0.3) is 0 Å². The lowest BCUT2D eigenvalue weighted by Gasteiger charge is -2.24. The third-order valence-electron chi connectivity index (χ3n) is 5.82. The van der Waals surface area contributed by atoms with Gasteiger partial charge in [-0.3, -0.25) is 0 Å². The van der Waals surface area contributed by atoms with Crippen LogP contribution < -0.4 is 19.9 Å². The van der Waals surface area contributed by atoms with Gasteiger partial charge in [0, 0.05) is 32.2 Å². The first kappa shape index (κ1) is 18.8.